The van der Waals surface area contributed by atoms with Crippen molar-refractivity contribution in [2.45, 2.75) is 25.8 Å². The van der Waals surface area contributed by atoms with Gasteiger partial charge in [0.1, 0.15) is 5.69 Å². The molecule has 1 unspecified atom stereocenters. The fraction of sp³-hybridized carbons (Fsp3) is 0.538. The van der Waals surface area contributed by atoms with E-state index in [1.54, 1.807) is 6.07 Å². The first-order valence-corrected chi connectivity index (χ1v) is 7.33. The number of anilines is 1. The molecule has 0 aliphatic carbocycles. The van der Waals surface area contributed by atoms with Gasteiger partial charge in [-0.15, -0.1) is 0 Å². The molecule has 0 aromatic heterocycles. The van der Waals surface area contributed by atoms with E-state index in [1.165, 1.54) is 6.42 Å². The van der Waals surface area contributed by atoms with Crippen LogP contribution in [-0.4, -0.2) is 30.6 Å². The van der Waals surface area contributed by atoms with Crippen molar-refractivity contribution in [1.29, 1.82) is 0 Å². The Hall–Kier alpha value is -1.14. The zero-order valence-corrected chi connectivity index (χ0v) is 12.5. The van der Waals surface area contributed by atoms with Crippen molar-refractivity contribution in [2.24, 2.45) is 0 Å². The lowest BCUT2D eigenvalue weighted by molar-refractivity contribution is -0.384. The maximum atomic E-state index is 11.2. The number of benzene rings is 1. The minimum atomic E-state index is -0.315. The van der Waals surface area contributed by atoms with Crippen molar-refractivity contribution in [2.75, 3.05) is 24.5 Å². The lowest BCUT2D eigenvalue weighted by atomic mass is 10.2. The molecule has 1 atom stereocenters. The van der Waals surface area contributed by atoms with Crippen LogP contribution in [-0.2, 0) is 0 Å². The molecule has 0 amide bonds. The molecule has 0 spiro atoms. The van der Waals surface area contributed by atoms with Gasteiger partial charge in [0, 0.05) is 29.7 Å². The normalized spacial score (nSPS) is 18.5. The van der Waals surface area contributed by atoms with E-state index in [9.17, 15) is 10.1 Å². The van der Waals surface area contributed by atoms with Crippen LogP contribution in [0.15, 0.2) is 22.7 Å². The third-order valence-electron chi connectivity index (χ3n) is 3.46. The molecule has 104 valence electrons. The standard InChI is InChI=1S/C13H18BrN3O2/c1-2-16(9-11-4-3-7-15-11)12-6-5-10(14)8-13(12)17(18)19/h5-6,8,11,15H,2-4,7,9H2,1H3. The van der Waals surface area contributed by atoms with Crippen molar-refractivity contribution in [3.63, 3.8) is 0 Å². The molecule has 1 saturated heterocycles. The van der Waals surface area contributed by atoms with Crippen LogP contribution in [0.4, 0.5) is 11.4 Å². The number of nitrogens with zero attached hydrogens (tertiary/aromatic N) is 2. The largest absolute Gasteiger partial charge is 0.365 e. The Morgan fingerprint density at radius 1 is 1.58 bits per heavy atom. The summed E-state index contributed by atoms with van der Waals surface area (Å²) in [5, 5.41) is 14.6. The van der Waals surface area contributed by atoms with Gasteiger partial charge in [-0.1, -0.05) is 15.9 Å². The van der Waals surface area contributed by atoms with E-state index in [4.69, 9.17) is 0 Å². The number of nitro groups is 1. The second-order valence-corrected chi connectivity index (χ2v) is 5.64. The zero-order chi connectivity index (χ0) is 13.8. The van der Waals surface area contributed by atoms with E-state index >= 15 is 0 Å². The van der Waals surface area contributed by atoms with Crippen molar-refractivity contribution in [3.05, 3.63) is 32.8 Å². The number of hydrogen-bond donors (Lipinski definition) is 1. The van der Waals surface area contributed by atoms with Gasteiger partial charge in [-0.2, -0.15) is 0 Å². The Kier molecular flexibility index (Phi) is 4.76. The van der Waals surface area contributed by atoms with Crippen molar-refractivity contribution in [3.8, 4) is 0 Å². The van der Waals surface area contributed by atoms with Crippen LogP contribution in [0.3, 0.4) is 0 Å². The molecule has 0 saturated carbocycles. The highest BCUT2D eigenvalue weighted by Crippen LogP contribution is 2.31. The summed E-state index contributed by atoms with van der Waals surface area (Å²) < 4.78 is 0.734. The molecular weight excluding hydrogens is 310 g/mol. The first kappa shape index (κ1) is 14.3. The lowest BCUT2D eigenvalue weighted by Crippen LogP contribution is -2.37. The fourth-order valence-electron chi connectivity index (χ4n) is 2.49. The number of likely N-dealkylation sites (N-methyl/N-ethyl adjacent to an activating group) is 1. The molecule has 19 heavy (non-hydrogen) atoms. The van der Waals surface area contributed by atoms with E-state index in [0.29, 0.717) is 11.7 Å². The summed E-state index contributed by atoms with van der Waals surface area (Å²) in [7, 11) is 0. The topological polar surface area (TPSA) is 58.4 Å². The molecule has 6 heteroatoms. The van der Waals surface area contributed by atoms with Gasteiger partial charge in [-0.25, -0.2) is 0 Å². The van der Waals surface area contributed by atoms with Gasteiger partial charge in [0.05, 0.1) is 4.92 Å². The Morgan fingerprint density at radius 3 is 2.95 bits per heavy atom. The van der Waals surface area contributed by atoms with E-state index < -0.39 is 0 Å². The second-order valence-electron chi connectivity index (χ2n) is 4.72. The molecule has 1 heterocycles. The van der Waals surface area contributed by atoms with Crippen LogP contribution in [0, 0.1) is 10.1 Å². The van der Waals surface area contributed by atoms with E-state index in [2.05, 4.69) is 26.1 Å². The van der Waals surface area contributed by atoms with Crippen LogP contribution in [0.5, 0.6) is 0 Å². The molecule has 0 bridgehead atoms. The first-order valence-electron chi connectivity index (χ1n) is 6.54. The maximum absolute atomic E-state index is 11.2. The molecular formula is C13H18BrN3O2. The molecule has 2 rings (SSSR count). The van der Waals surface area contributed by atoms with Gasteiger partial charge in [-0.3, -0.25) is 10.1 Å². The summed E-state index contributed by atoms with van der Waals surface area (Å²) in [6.45, 7) is 4.66. The van der Waals surface area contributed by atoms with E-state index in [0.717, 1.165) is 30.5 Å². The van der Waals surface area contributed by atoms with Gasteiger partial charge < -0.3 is 10.2 Å². The highest BCUT2D eigenvalue weighted by Gasteiger charge is 2.23. The van der Waals surface area contributed by atoms with E-state index in [1.807, 2.05) is 19.1 Å². The first-order chi connectivity index (χ1) is 9.11. The van der Waals surface area contributed by atoms with Gasteiger partial charge >= 0.3 is 0 Å². The number of rotatable bonds is 5. The Labute approximate surface area is 121 Å². The molecule has 1 aliphatic rings. The monoisotopic (exact) mass is 327 g/mol. The van der Waals surface area contributed by atoms with Crippen LogP contribution in [0.25, 0.3) is 0 Å². The number of nitro benzene ring substituents is 1. The SMILES string of the molecule is CCN(CC1CCCN1)c1ccc(Br)cc1[N+](=O)[O-]. The van der Waals surface area contributed by atoms with Crippen molar-refractivity contribution < 1.29 is 4.92 Å². The summed E-state index contributed by atoms with van der Waals surface area (Å²) in [5.74, 6) is 0. The predicted molar refractivity (Wildman–Crippen MR) is 79.7 cm³/mol. The van der Waals surface area contributed by atoms with Gasteiger partial charge in [-0.05, 0) is 38.4 Å². The van der Waals surface area contributed by atoms with Crippen LogP contribution in [0.1, 0.15) is 19.8 Å². The molecule has 1 aliphatic heterocycles. The molecule has 1 N–H and O–H groups in total. The summed E-state index contributed by atoms with van der Waals surface area (Å²) in [5.41, 5.74) is 0.860. The predicted octanol–water partition coefficient (Wildman–Crippen LogP) is 2.94. The maximum Gasteiger partial charge on any atom is 0.293 e. The molecule has 5 nitrogen and oxygen atoms in total. The average Bonchev–Trinajstić information content (AvgIpc) is 2.89. The van der Waals surface area contributed by atoms with Gasteiger partial charge in [0.15, 0.2) is 0 Å². The molecule has 1 aromatic rings. The van der Waals surface area contributed by atoms with Crippen LogP contribution < -0.4 is 10.2 Å². The molecule has 1 fully saturated rings. The van der Waals surface area contributed by atoms with Gasteiger partial charge in [0.2, 0.25) is 0 Å². The summed E-state index contributed by atoms with van der Waals surface area (Å²) in [4.78, 5) is 12.9. The Bertz CT molecular complexity index is 461. The van der Waals surface area contributed by atoms with Crippen molar-refractivity contribution >= 4 is 27.3 Å². The zero-order valence-electron chi connectivity index (χ0n) is 10.9. The smallest absolute Gasteiger partial charge is 0.293 e. The third kappa shape index (κ3) is 3.45. The minimum absolute atomic E-state index is 0.161. The summed E-state index contributed by atoms with van der Waals surface area (Å²) in [6.07, 6.45) is 2.32. The quantitative estimate of drug-likeness (QED) is 0.667. The number of halogens is 1. The summed E-state index contributed by atoms with van der Waals surface area (Å²) >= 11 is 3.29. The number of hydrogen-bond acceptors (Lipinski definition) is 4. The van der Waals surface area contributed by atoms with Gasteiger partial charge in [0.25, 0.3) is 5.69 Å². The van der Waals surface area contributed by atoms with Crippen LogP contribution in [0.2, 0.25) is 0 Å². The van der Waals surface area contributed by atoms with Crippen LogP contribution >= 0.6 is 15.9 Å². The third-order valence-corrected chi connectivity index (χ3v) is 3.95. The Morgan fingerprint density at radius 2 is 2.37 bits per heavy atom. The lowest BCUT2D eigenvalue weighted by Gasteiger charge is -2.26. The average molecular weight is 328 g/mol. The highest BCUT2D eigenvalue weighted by molar-refractivity contribution is 9.10. The fourth-order valence-corrected chi connectivity index (χ4v) is 2.84. The molecule has 1 aromatic carbocycles. The second kappa shape index (κ2) is 6.34. The summed E-state index contributed by atoms with van der Waals surface area (Å²) in [6, 6.07) is 5.68. The highest BCUT2D eigenvalue weighted by atomic mass is 79.9. The molecule has 0 radical (unpaired) electrons. The van der Waals surface area contributed by atoms with E-state index in [-0.39, 0.29) is 10.6 Å². The number of nitrogens with one attached hydrogen (secondary N) is 1. The Balaban J connectivity index is 2.23. The van der Waals surface area contributed by atoms with Crippen molar-refractivity contribution in [1.82, 2.24) is 5.32 Å². The minimum Gasteiger partial charge on any atom is -0.365 e.